The van der Waals surface area contributed by atoms with Crippen LogP contribution in [0.15, 0.2) is 36.4 Å². The Morgan fingerprint density at radius 3 is 1.87 bits per heavy atom. The van der Waals surface area contributed by atoms with E-state index in [1.807, 2.05) is 11.3 Å². The van der Waals surface area contributed by atoms with Crippen LogP contribution in [0.25, 0.3) is 10.4 Å². The van der Waals surface area contributed by atoms with Crippen LogP contribution < -0.4 is 0 Å². The van der Waals surface area contributed by atoms with E-state index in [0.29, 0.717) is 0 Å². The molecule has 174 valence electrons. The molecule has 1 heterocycles. The molecule has 0 N–H and O–H groups in total. The second-order valence-corrected chi connectivity index (χ2v) is 14.3. The molecule has 2 rings (SSSR count). The molecule has 1 unspecified atom stereocenters. The molecular formula is C29H48SSi. The van der Waals surface area contributed by atoms with Crippen molar-refractivity contribution in [3.8, 4) is 10.4 Å². The molecular weight excluding hydrogens is 408 g/mol. The zero-order valence-electron chi connectivity index (χ0n) is 20.9. The normalized spacial score (nSPS) is 12.5. The van der Waals surface area contributed by atoms with E-state index >= 15 is 0 Å². The highest BCUT2D eigenvalue weighted by Gasteiger charge is 2.16. The summed E-state index contributed by atoms with van der Waals surface area (Å²) in [6.07, 6.45) is 19.4. The number of hydrogen-bond donors (Lipinski definition) is 0. The van der Waals surface area contributed by atoms with Gasteiger partial charge in [0.15, 0.2) is 0 Å². The Kier molecular flexibility index (Phi) is 13.5. The van der Waals surface area contributed by atoms with Crippen LogP contribution in [0, 0.1) is 0 Å². The maximum Gasteiger partial charge on any atom is 0.0388 e. The van der Waals surface area contributed by atoms with E-state index in [0.717, 1.165) is 5.54 Å². The summed E-state index contributed by atoms with van der Waals surface area (Å²) in [5, 5.41) is 0. The van der Waals surface area contributed by atoms with Crippen molar-refractivity contribution in [3.05, 3.63) is 46.8 Å². The lowest BCUT2D eigenvalue weighted by molar-refractivity contribution is 0.576. The number of hydrogen-bond acceptors (Lipinski definition) is 1. The van der Waals surface area contributed by atoms with Crippen LogP contribution in [0.2, 0.25) is 13.1 Å². The van der Waals surface area contributed by atoms with Gasteiger partial charge in [-0.25, -0.2) is 0 Å². The molecule has 0 aliphatic heterocycles. The molecule has 0 aliphatic rings. The second kappa shape index (κ2) is 15.9. The number of aryl methyl sites for hydroxylation is 1. The first-order valence-corrected chi connectivity index (χ1v) is 17.1. The van der Waals surface area contributed by atoms with Gasteiger partial charge in [0.25, 0.3) is 0 Å². The fraction of sp³-hybridized carbons (Fsp3) is 0.655. The van der Waals surface area contributed by atoms with Crippen molar-refractivity contribution in [1.29, 1.82) is 0 Å². The smallest absolute Gasteiger partial charge is 0.0388 e. The van der Waals surface area contributed by atoms with E-state index in [1.165, 1.54) is 100 Å². The Morgan fingerprint density at radius 1 is 0.677 bits per heavy atom. The van der Waals surface area contributed by atoms with Crippen LogP contribution in [0.4, 0.5) is 0 Å². The maximum atomic E-state index is 2.52. The fourth-order valence-corrected chi connectivity index (χ4v) is 7.62. The number of benzene rings is 1. The third kappa shape index (κ3) is 10.1. The van der Waals surface area contributed by atoms with E-state index < -0.39 is 8.80 Å². The number of thiophene rings is 1. The first-order valence-electron chi connectivity index (χ1n) is 13.3. The third-order valence-electron chi connectivity index (χ3n) is 6.74. The number of unbranched alkanes of at least 4 members (excludes halogenated alkanes) is 10. The Bertz CT molecular complexity index is 685. The zero-order valence-corrected chi connectivity index (χ0v) is 22.9. The fourth-order valence-electron chi connectivity index (χ4n) is 4.67. The molecule has 0 amide bonds. The van der Waals surface area contributed by atoms with Crippen molar-refractivity contribution in [2.24, 2.45) is 0 Å². The van der Waals surface area contributed by atoms with Gasteiger partial charge in [-0.1, -0.05) is 122 Å². The van der Waals surface area contributed by atoms with Crippen molar-refractivity contribution in [3.63, 3.8) is 0 Å². The zero-order chi connectivity index (χ0) is 22.3. The van der Waals surface area contributed by atoms with Crippen molar-refractivity contribution in [2.75, 3.05) is 0 Å². The molecule has 0 saturated carbocycles. The lowest BCUT2D eigenvalue weighted by Crippen LogP contribution is -2.16. The van der Waals surface area contributed by atoms with Gasteiger partial charge in [-0.05, 0) is 48.1 Å². The lowest BCUT2D eigenvalue weighted by atomic mass is 10.0. The standard InChI is InChI=1S/C29H48SSi/c1-5-7-9-11-12-13-14-15-17-27-23-24-28(30-27)25-19-21-26(22-20-25)29(31(3)4)18-16-10-8-6-2/h19-24,29,31H,5-18H2,1-4H3. The predicted molar refractivity (Wildman–Crippen MR) is 146 cm³/mol. The van der Waals surface area contributed by atoms with Crippen LogP contribution in [0.1, 0.15) is 113 Å². The van der Waals surface area contributed by atoms with Crippen LogP contribution in [0.5, 0.6) is 0 Å². The summed E-state index contributed by atoms with van der Waals surface area (Å²) in [4.78, 5) is 3.01. The maximum absolute atomic E-state index is 2.52. The van der Waals surface area contributed by atoms with Gasteiger partial charge >= 0.3 is 0 Å². The Hall–Kier alpha value is -0.863. The first-order chi connectivity index (χ1) is 15.2. The van der Waals surface area contributed by atoms with Gasteiger partial charge in [-0.3, -0.25) is 0 Å². The highest BCUT2D eigenvalue weighted by Crippen LogP contribution is 2.32. The monoisotopic (exact) mass is 456 g/mol. The van der Waals surface area contributed by atoms with Gasteiger partial charge in [0.1, 0.15) is 0 Å². The minimum absolute atomic E-state index is 0.675. The summed E-state index contributed by atoms with van der Waals surface area (Å²) in [5.74, 6) is 0. The van der Waals surface area contributed by atoms with Gasteiger partial charge < -0.3 is 0 Å². The summed E-state index contributed by atoms with van der Waals surface area (Å²) in [5.41, 5.74) is 3.84. The molecule has 0 radical (unpaired) electrons. The molecule has 1 aromatic carbocycles. The second-order valence-electron chi connectivity index (χ2n) is 9.81. The van der Waals surface area contributed by atoms with E-state index in [2.05, 4.69) is 63.3 Å². The summed E-state index contributed by atoms with van der Waals surface area (Å²) >= 11 is 2.01. The molecule has 0 spiro atoms. The van der Waals surface area contributed by atoms with Crippen LogP contribution in [0.3, 0.4) is 0 Å². The highest BCUT2D eigenvalue weighted by molar-refractivity contribution is 7.15. The minimum atomic E-state index is -0.675. The lowest BCUT2D eigenvalue weighted by Gasteiger charge is -2.21. The molecule has 0 fully saturated rings. The van der Waals surface area contributed by atoms with Gasteiger partial charge in [-0.2, -0.15) is 0 Å². The van der Waals surface area contributed by atoms with Crippen molar-refractivity contribution < 1.29 is 0 Å². The van der Waals surface area contributed by atoms with E-state index in [1.54, 1.807) is 10.4 Å². The first kappa shape index (κ1) is 26.4. The van der Waals surface area contributed by atoms with Gasteiger partial charge in [0.05, 0.1) is 0 Å². The Labute approximate surface area is 199 Å². The van der Waals surface area contributed by atoms with Crippen LogP contribution in [-0.2, 0) is 6.42 Å². The molecule has 0 saturated heterocycles. The Balaban J connectivity index is 1.80. The highest BCUT2D eigenvalue weighted by atomic mass is 32.1. The Morgan fingerprint density at radius 2 is 1.26 bits per heavy atom. The molecule has 1 atom stereocenters. The summed E-state index contributed by atoms with van der Waals surface area (Å²) < 4.78 is 0. The molecule has 0 bridgehead atoms. The average molecular weight is 457 g/mol. The predicted octanol–water partition coefficient (Wildman–Crippen LogP) is 10.2. The van der Waals surface area contributed by atoms with Gasteiger partial charge in [0, 0.05) is 18.6 Å². The van der Waals surface area contributed by atoms with E-state index in [4.69, 9.17) is 0 Å². The van der Waals surface area contributed by atoms with E-state index in [-0.39, 0.29) is 0 Å². The molecule has 2 heteroatoms. The minimum Gasteiger partial charge on any atom is -0.140 e. The molecule has 1 aromatic heterocycles. The average Bonchev–Trinajstić information content (AvgIpc) is 3.24. The van der Waals surface area contributed by atoms with Gasteiger partial charge in [0.2, 0.25) is 0 Å². The van der Waals surface area contributed by atoms with Crippen molar-refractivity contribution in [2.45, 2.75) is 122 Å². The largest absolute Gasteiger partial charge is 0.140 e. The van der Waals surface area contributed by atoms with Crippen LogP contribution in [-0.4, -0.2) is 8.80 Å². The quantitative estimate of drug-likeness (QED) is 0.164. The molecule has 2 aromatic rings. The summed E-state index contributed by atoms with van der Waals surface area (Å²) in [6.45, 7) is 9.65. The summed E-state index contributed by atoms with van der Waals surface area (Å²) in [7, 11) is -0.675. The van der Waals surface area contributed by atoms with Crippen molar-refractivity contribution >= 4 is 20.1 Å². The third-order valence-corrected chi connectivity index (χ3v) is 10.3. The van der Waals surface area contributed by atoms with Crippen LogP contribution >= 0.6 is 11.3 Å². The SMILES string of the molecule is CCCCCCCCCCc1ccc(-c2ccc(C(CCCCCC)[SiH](C)C)cc2)s1. The molecule has 0 aliphatic carbocycles. The van der Waals surface area contributed by atoms with Crippen molar-refractivity contribution in [1.82, 2.24) is 0 Å². The summed E-state index contributed by atoms with van der Waals surface area (Å²) in [6, 6.07) is 14.4. The van der Waals surface area contributed by atoms with E-state index in [9.17, 15) is 0 Å². The number of rotatable bonds is 17. The molecule has 31 heavy (non-hydrogen) atoms. The van der Waals surface area contributed by atoms with Gasteiger partial charge in [-0.15, -0.1) is 11.3 Å². The topological polar surface area (TPSA) is 0 Å². The molecule has 0 nitrogen and oxygen atoms in total.